The normalized spacial score (nSPS) is 10.5. The maximum Gasteiger partial charge on any atom is 0.307 e. The van der Waals surface area contributed by atoms with Gasteiger partial charge in [-0.1, -0.05) is 0 Å². The molecule has 2 aromatic heterocycles. The standard InChI is InChI=1S/C8H7N3O2/c12-7(13)2-5-1-6-8(9-3-5)11-4-10-6/h1,3-4H,2H2,(H,12,13)(H,9,10,11). The van der Waals surface area contributed by atoms with E-state index in [1.54, 1.807) is 6.07 Å². The molecule has 0 spiro atoms. The highest BCUT2D eigenvalue weighted by atomic mass is 16.4. The highest BCUT2D eigenvalue weighted by Gasteiger charge is 2.03. The summed E-state index contributed by atoms with van der Waals surface area (Å²) in [6.45, 7) is 0. The van der Waals surface area contributed by atoms with Crippen molar-refractivity contribution in [3.63, 3.8) is 0 Å². The second-order valence-corrected chi connectivity index (χ2v) is 2.69. The first kappa shape index (κ1) is 7.72. The van der Waals surface area contributed by atoms with E-state index >= 15 is 0 Å². The van der Waals surface area contributed by atoms with Crippen molar-refractivity contribution >= 4 is 17.1 Å². The van der Waals surface area contributed by atoms with Gasteiger partial charge in [0.25, 0.3) is 0 Å². The molecule has 0 atom stereocenters. The molecule has 13 heavy (non-hydrogen) atoms. The van der Waals surface area contributed by atoms with Gasteiger partial charge < -0.3 is 10.1 Å². The number of hydrogen-bond acceptors (Lipinski definition) is 3. The van der Waals surface area contributed by atoms with E-state index in [1.165, 1.54) is 12.5 Å². The van der Waals surface area contributed by atoms with Crippen LogP contribution in [0, 0.1) is 0 Å². The number of carboxylic acid groups (broad SMARTS) is 1. The van der Waals surface area contributed by atoms with Crippen LogP contribution in [0.15, 0.2) is 18.6 Å². The summed E-state index contributed by atoms with van der Waals surface area (Å²) in [5.41, 5.74) is 2.04. The summed E-state index contributed by atoms with van der Waals surface area (Å²) >= 11 is 0. The molecule has 0 saturated carbocycles. The second kappa shape index (κ2) is 2.85. The minimum atomic E-state index is -0.860. The number of fused-ring (bicyclic) bond motifs is 1. The number of nitrogens with one attached hydrogen (secondary N) is 1. The van der Waals surface area contributed by atoms with Crippen molar-refractivity contribution in [1.29, 1.82) is 0 Å². The number of imidazole rings is 1. The highest BCUT2D eigenvalue weighted by molar-refractivity contribution is 5.74. The third-order valence-electron chi connectivity index (χ3n) is 1.69. The lowest BCUT2D eigenvalue weighted by Gasteiger charge is -1.94. The van der Waals surface area contributed by atoms with E-state index in [0.717, 1.165) is 5.52 Å². The number of carbonyl (C=O) groups is 1. The summed E-state index contributed by atoms with van der Waals surface area (Å²) in [4.78, 5) is 21.2. The van der Waals surface area contributed by atoms with E-state index in [4.69, 9.17) is 5.11 Å². The van der Waals surface area contributed by atoms with Gasteiger partial charge in [-0.25, -0.2) is 9.97 Å². The summed E-state index contributed by atoms with van der Waals surface area (Å²) in [5.74, 6) is -0.860. The minimum absolute atomic E-state index is 0.0119. The van der Waals surface area contributed by atoms with E-state index < -0.39 is 5.97 Å². The number of aliphatic carboxylic acids is 1. The van der Waals surface area contributed by atoms with Crippen molar-refractivity contribution in [2.45, 2.75) is 6.42 Å². The monoisotopic (exact) mass is 177 g/mol. The summed E-state index contributed by atoms with van der Waals surface area (Å²) in [6.07, 6.45) is 3.04. The molecule has 0 fully saturated rings. The third-order valence-corrected chi connectivity index (χ3v) is 1.69. The van der Waals surface area contributed by atoms with Crippen molar-refractivity contribution in [2.24, 2.45) is 0 Å². The Bertz CT molecular complexity index is 449. The molecule has 0 aliphatic heterocycles. The molecule has 0 aromatic carbocycles. The molecular weight excluding hydrogens is 170 g/mol. The number of aromatic nitrogens is 3. The van der Waals surface area contributed by atoms with E-state index in [9.17, 15) is 4.79 Å². The molecule has 0 bridgehead atoms. The van der Waals surface area contributed by atoms with E-state index in [2.05, 4.69) is 15.0 Å². The minimum Gasteiger partial charge on any atom is -0.481 e. The van der Waals surface area contributed by atoms with Crippen LogP contribution in [0.3, 0.4) is 0 Å². The van der Waals surface area contributed by atoms with Crippen LogP contribution in [0.5, 0.6) is 0 Å². The van der Waals surface area contributed by atoms with Gasteiger partial charge in [0.2, 0.25) is 0 Å². The summed E-state index contributed by atoms with van der Waals surface area (Å²) in [6, 6.07) is 1.74. The molecular formula is C8H7N3O2. The Morgan fingerprint density at radius 2 is 2.38 bits per heavy atom. The average Bonchev–Trinajstić information content (AvgIpc) is 2.49. The van der Waals surface area contributed by atoms with Crippen molar-refractivity contribution in [1.82, 2.24) is 15.0 Å². The molecule has 5 heteroatoms. The summed E-state index contributed by atoms with van der Waals surface area (Å²) in [7, 11) is 0. The van der Waals surface area contributed by atoms with Crippen LogP contribution < -0.4 is 0 Å². The fraction of sp³-hybridized carbons (Fsp3) is 0.125. The molecule has 0 aliphatic rings. The molecule has 0 amide bonds. The van der Waals surface area contributed by atoms with Crippen LogP contribution in [0.25, 0.3) is 11.2 Å². The summed E-state index contributed by atoms with van der Waals surface area (Å²) in [5, 5.41) is 8.54. The first-order valence-corrected chi connectivity index (χ1v) is 3.75. The Morgan fingerprint density at radius 1 is 1.54 bits per heavy atom. The van der Waals surface area contributed by atoms with Gasteiger partial charge in [-0.15, -0.1) is 0 Å². The summed E-state index contributed by atoms with van der Waals surface area (Å²) < 4.78 is 0. The molecule has 0 aliphatic carbocycles. The molecule has 0 unspecified atom stereocenters. The van der Waals surface area contributed by atoms with Gasteiger partial charge in [-0.05, 0) is 11.6 Å². The van der Waals surface area contributed by atoms with Gasteiger partial charge in [0.05, 0.1) is 18.3 Å². The predicted molar refractivity (Wildman–Crippen MR) is 45.2 cm³/mol. The average molecular weight is 177 g/mol. The Balaban J connectivity index is 2.42. The number of aromatic amines is 1. The Labute approximate surface area is 73.4 Å². The largest absolute Gasteiger partial charge is 0.481 e. The Morgan fingerprint density at radius 3 is 3.15 bits per heavy atom. The van der Waals surface area contributed by atoms with Gasteiger partial charge in [-0.3, -0.25) is 4.79 Å². The van der Waals surface area contributed by atoms with Crippen LogP contribution in [0.4, 0.5) is 0 Å². The molecule has 2 heterocycles. The lowest BCUT2D eigenvalue weighted by molar-refractivity contribution is -0.136. The molecule has 5 nitrogen and oxygen atoms in total. The zero-order chi connectivity index (χ0) is 9.26. The van der Waals surface area contributed by atoms with Gasteiger partial charge in [-0.2, -0.15) is 0 Å². The van der Waals surface area contributed by atoms with Gasteiger partial charge in [0.15, 0.2) is 5.65 Å². The SMILES string of the molecule is O=C(O)Cc1cnc2nc[nH]c2c1. The number of H-pyrrole nitrogens is 1. The maximum atomic E-state index is 10.4. The van der Waals surface area contributed by atoms with Crippen molar-refractivity contribution in [3.8, 4) is 0 Å². The predicted octanol–water partition coefficient (Wildman–Crippen LogP) is 0.585. The van der Waals surface area contributed by atoms with Crippen molar-refractivity contribution in [2.75, 3.05) is 0 Å². The molecule has 66 valence electrons. The Kier molecular flexibility index (Phi) is 1.70. The molecule has 0 saturated heterocycles. The number of nitrogens with zero attached hydrogens (tertiary/aromatic N) is 2. The van der Waals surface area contributed by atoms with Crippen LogP contribution in [-0.2, 0) is 11.2 Å². The second-order valence-electron chi connectivity index (χ2n) is 2.69. The van der Waals surface area contributed by atoms with Crippen LogP contribution in [-0.4, -0.2) is 26.0 Å². The fourth-order valence-corrected chi connectivity index (χ4v) is 1.14. The highest BCUT2D eigenvalue weighted by Crippen LogP contribution is 2.08. The van der Waals surface area contributed by atoms with Gasteiger partial charge in [0, 0.05) is 6.20 Å². The van der Waals surface area contributed by atoms with E-state index in [-0.39, 0.29) is 6.42 Å². The number of carboxylic acids is 1. The first-order valence-electron chi connectivity index (χ1n) is 3.75. The lowest BCUT2D eigenvalue weighted by Crippen LogP contribution is -2.00. The van der Waals surface area contributed by atoms with Crippen LogP contribution in [0.2, 0.25) is 0 Å². The van der Waals surface area contributed by atoms with Crippen LogP contribution >= 0.6 is 0 Å². The fourth-order valence-electron chi connectivity index (χ4n) is 1.14. The number of rotatable bonds is 2. The number of hydrogen-bond donors (Lipinski definition) is 2. The lowest BCUT2D eigenvalue weighted by atomic mass is 10.2. The quantitative estimate of drug-likeness (QED) is 0.703. The molecule has 2 N–H and O–H groups in total. The Hall–Kier alpha value is -1.91. The zero-order valence-electron chi connectivity index (χ0n) is 6.69. The van der Waals surface area contributed by atoms with E-state index in [1.807, 2.05) is 0 Å². The third kappa shape index (κ3) is 1.48. The smallest absolute Gasteiger partial charge is 0.307 e. The zero-order valence-corrected chi connectivity index (χ0v) is 6.69. The topological polar surface area (TPSA) is 78.9 Å². The van der Waals surface area contributed by atoms with Crippen LogP contribution in [0.1, 0.15) is 5.56 Å². The number of pyridine rings is 1. The molecule has 0 radical (unpaired) electrons. The van der Waals surface area contributed by atoms with Crippen molar-refractivity contribution < 1.29 is 9.90 Å². The first-order chi connectivity index (χ1) is 6.25. The van der Waals surface area contributed by atoms with Gasteiger partial charge in [0.1, 0.15) is 0 Å². The molecule has 2 rings (SSSR count). The maximum absolute atomic E-state index is 10.4. The van der Waals surface area contributed by atoms with E-state index in [0.29, 0.717) is 11.2 Å². The molecule has 2 aromatic rings. The van der Waals surface area contributed by atoms with Crippen molar-refractivity contribution in [3.05, 3.63) is 24.2 Å². The van der Waals surface area contributed by atoms with Gasteiger partial charge >= 0.3 is 5.97 Å².